The van der Waals surface area contributed by atoms with Gasteiger partial charge in [0.2, 0.25) is 0 Å². The van der Waals surface area contributed by atoms with Gasteiger partial charge in [-0.15, -0.1) is 0 Å². The molecule has 2 aromatic rings. The van der Waals surface area contributed by atoms with Crippen LogP contribution in [0.1, 0.15) is 65.5 Å². The van der Waals surface area contributed by atoms with Crippen molar-refractivity contribution in [1.29, 1.82) is 0 Å². The third kappa shape index (κ3) is 3.96. The maximum Gasteiger partial charge on any atom is 0.161 e. The largest absolute Gasteiger partial charge is 0.359 e. The third-order valence-corrected chi connectivity index (χ3v) is 9.92. The Morgan fingerprint density at radius 1 is 0.676 bits per heavy atom. The Labute approximate surface area is 220 Å². The molecule has 6 rings (SSSR count). The van der Waals surface area contributed by atoms with E-state index in [0.29, 0.717) is 48.1 Å². The van der Waals surface area contributed by atoms with Crippen LogP contribution in [0.5, 0.6) is 0 Å². The lowest BCUT2D eigenvalue weighted by atomic mass is 9.95. The van der Waals surface area contributed by atoms with Crippen LogP contribution >= 0.6 is 0 Å². The molecule has 4 aliphatic rings. The van der Waals surface area contributed by atoms with Gasteiger partial charge < -0.3 is 10.6 Å². The molecule has 4 nitrogen and oxygen atoms in total. The highest BCUT2D eigenvalue weighted by Gasteiger charge is 2.66. The second-order valence-electron chi connectivity index (χ2n) is 13.0. The van der Waals surface area contributed by atoms with Gasteiger partial charge in [0.15, 0.2) is 11.6 Å². The summed E-state index contributed by atoms with van der Waals surface area (Å²) in [5.41, 5.74) is 9.09. The van der Waals surface area contributed by atoms with Gasteiger partial charge >= 0.3 is 0 Å². The number of rotatable bonds is 6. The summed E-state index contributed by atoms with van der Waals surface area (Å²) >= 11 is 0. The number of fused-ring (bicyclic) bond motifs is 2. The summed E-state index contributed by atoms with van der Waals surface area (Å²) in [6.07, 6.45) is 2.26. The summed E-state index contributed by atoms with van der Waals surface area (Å²) in [6, 6.07) is 17.0. The molecule has 0 bridgehead atoms. The molecule has 37 heavy (non-hydrogen) atoms. The van der Waals surface area contributed by atoms with Crippen molar-refractivity contribution < 1.29 is 9.59 Å². The third-order valence-electron chi connectivity index (χ3n) is 9.92. The molecule has 0 radical (unpaired) electrons. The Kier molecular flexibility index (Phi) is 5.35. The summed E-state index contributed by atoms with van der Waals surface area (Å²) in [5.74, 6) is 2.52. The van der Waals surface area contributed by atoms with E-state index < -0.39 is 0 Å². The number of anilines is 2. The normalized spacial score (nSPS) is 31.0. The number of hydrogen-bond donors (Lipinski definition) is 2. The van der Waals surface area contributed by atoms with Crippen LogP contribution in [0.4, 0.5) is 11.4 Å². The van der Waals surface area contributed by atoms with Crippen LogP contribution in [0.2, 0.25) is 0 Å². The molecule has 0 saturated heterocycles. The predicted molar refractivity (Wildman–Crippen MR) is 149 cm³/mol. The molecule has 4 atom stereocenters. The van der Waals surface area contributed by atoms with Crippen LogP contribution in [0.25, 0.3) is 0 Å². The molecule has 0 spiro atoms. The molecule has 0 aromatic heterocycles. The highest BCUT2D eigenvalue weighted by Crippen LogP contribution is 2.69. The molecule has 4 heteroatoms. The topological polar surface area (TPSA) is 58.2 Å². The van der Waals surface area contributed by atoms with Gasteiger partial charge in [0.05, 0.1) is 0 Å². The zero-order valence-electron chi connectivity index (χ0n) is 22.9. The van der Waals surface area contributed by atoms with Gasteiger partial charge in [-0.2, -0.15) is 0 Å². The fraction of sp³-hybridized carbons (Fsp3) is 0.455. The van der Waals surface area contributed by atoms with E-state index in [2.05, 4.69) is 86.9 Å². The van der Waals surface area contributed by atoms with E-state index in [4.69, 9.17) is 0 Å². The van der Waals surface area contributed by atoms with Gasteiger partial charge in [-0.25, -0.2) is 0 Å². The quantitative estimate of drug-likeness (QED) is 0.419. The number of Topliss-reactive ketones (excluding diaryl/α,β-unsaturated/α-hetero) is 2. The molecular formula is C33H38N2O2. The van der Waals surface area contributed by atoms with Gasteiger partial charge in [-0.3, -0.25) is 9.59 Å². The first-order valence-electron chi connectivity index (χ1n) is 13.7. The van der Waals surface area contributed by atoms with Crippen LogP contribution in [-0.2, 0) is 16.0 Å². The minimum absolute atomic E-state index is 0.266. The van der Waals surface area contributed by atoms with Crippen molar-refractivity contribution in [3.63, 3.8) is 0 Å². The molecule has 0 aliphatic heterocycles. The van der Waals surface area contributed by atoms with Gasteiger partial charge in [0, 0.05) is 46.8 Å². The van der Waals surface area contributed by atoms with Gasteiger partial charge in [-0.1, -0.05) is 52.0 Å². The standard InChI is InChI=1S/C33H38N2O2/c1-18(28-26(36)16-24-30(28)32(24,3)4)34-22-11-7-20(8-12-22)15-21-9-13-23(14-10-21)35-19(2)29-27(37)17-25-31(29)33(25,5)6/h7-14,24-25,30-31,34-35H,15-17H2,1-6H3. The van der Waals surface area contributed by atoms with Gasteiger partial charge in [0.1, 0.15) is 0 Å². The van der Waals surface area contributed by atoms with Crippen molar-refractivity contribution in [3.8, 4) is 0 Å². The summed E-state index contributed by atoms with van der Waals surface area (Å²) in [6.45, 7) is 13.2. The Hall–Kier alpha value is -3.14. The molecule has 4 unspecified atom stereocenters. The van der Waals surface area contributed by atoms with Gasteiger partial charge in [0.25, 0.3) is 0 Å². The molecule has 2 N–H and O–H groups in total. The highest BCUT2D eigenvalue weighted by molar-refractivity contribution is 6.02. The number of benzene rings is 2. The Balaban J connectivity index is 1.08. The molecule has 0 amide bonds. The van der Waals surface area contributed by atoms with E-state index in [-0.39, 0.29) is 10.8 Å². The molecule has 4 fully saturated rings. The Morgan fingerprint density at radius 3 is 1.35 bits per heavy atom. The van der Waals surface area contributed by atoms with Crippen molar-refractivity contribution >= 4 is 22.9 Å². The van der Waals surface area contributed by atoms with Crippen LogP contribution in [0.15, 0.2) is 71.1 Å². The number of ketones is 2. The maximum atomic E-state index is 12.5. The summed E-state index contributed by atoms with van der Waals surface area (Å²) in [7, 11) is 0. The second-order valence-corrected chi connectivity index (χ2v) is 13.0. The second kappa shape index (κ2) is 8.18. The minimum Gasteiger partial charge on any atom is -0.359 e. The van der Waals surface area contributed by atoms with Crippen molar-refractivity contribution in [2.75, 3.05) is 10.6 Å². The average Bonchev–Trinajstić information content (AvgIpc) is 3.34. The molecule has 4 aliphatic carbocycles. The van der Waals surface area contributed by atoms with E-state index in [1.807, 2.05) is 13.8 Å². The number of hydrogen-bond acceptors (Lipinski definition) is 4. The van der Waals surface area contributed by atoms with Crippen LogP contribution in [0, 0.1) is 34.5 Å². The molecule has 2 aromatic carbocycles. The zero-order chi connectivity index (χ0) is 26.3. The smallest absolute Gasteiger partial charge is 0.161 e. The monoisotopic (exact) mass is 494 g/mol. The average molecular weight is 495 g/mol. The fourth-order valence-electron chi connectivity index (χ4n) is 7.46. The Bertz CT molecular complexity index is 1250. The van der Waals surface area contributed by atoms with E-state index in [9.17, 15) is 9.59 Å². The molecule has 4 saturated carbocycles. The van der Waals surface area contributed by atoms with Crippen LogP contribution < -0.4 is 10.6 Å². The van der Waals surface area contributed by atoms with Gasteiger partial charge in [-0.05, 0) is 90.2 Å². The predicted octanol–water partition coefficient (Wildman–Crippen LogP) is 7.14. The van der Waals surface area contributed by atoms with Crippen molar-refractivity contribution in [3.05, 3.63) is 82.2 Å². The van der Waals surface area contributed by atoms with Crippen molar-refractivity contribution in [1.82, 2.24) is 0 Å². The number of carbonyl (C=O) groups excluding carboxylic acids is 2. The van der Waals surface area contributed by atoms with E-state index in [0.717, 1.165) is 40.3 Å². The lowest BCUT2D eigenvalue weighted by molar-refractivity contribution is -0.116. The van der Waals surface area contributed by atoms with E-state index in [1.54, 1.807) is 0 Å². The number of carbonyl (C=O) groups is 2. The van der Waals surface area contributed by atoms with Crippen molar-refractivity contribution in [2.45, 2.75) is 60.8 Å². The highest BCUT2D eigenvalue weighted by atomic mass is 16.1. The zero-order valence-corrected chi connectivity index (χ0v) is 22.9. The molecular weight excluding hydrogens is 456 g/mol. The number of allylic oxidation sites excluding steroid dienone is 4. The summed E-state index contributed by atoms with van der Waals surface area (Å²) in [5, 5.41) is 6.97. The summed E-state index contributed by atoms with van der Waals surface area (Å²) in [4.78, 5) is 25.0. The first-order valence-corrected chi connectivity index (χ1v) is 13.7. The first kappa shape index (κ1) is 24.2. The Morgan fingerprint density at radius 2 is 1.03 bits per heavy atom. The van der Waals surface area contributed by atoms with E-state index >= 15 is 0 Å². The number of nitrogens with one attached hydrogen (secondary N) is 2. The van der Waals surface area contributed by atoms with Crippen LogP contribution in [0.3, 0.4) is 0 Å². The fourth-order valence-corrected chi connectivity index (χ4v) is 7.46. The van der Waals surface area contributed by atoms with Crippen LogP contribution in [-0.4, -0.2) is 11.6 Å². The molecule has 0 heterocycles. The van der Waals surface area contributed by atoms with E-state index in [1.165, 1.54) is 11.1 Å². The van der Waals surface area contributed by atoms with Crippen molar-refractivity contribution in [2.24, 2.45) is 34.5 Å². The molecule has 192 valence electrons. The SMILES string of the molecule is CC(Nc1ccc(Cc2ccc(NC(C)=C3C(=O)CC4C3C4(C)C)cc2)cc1)=C1C(=O)CC2C1C2(C)C. The lowest BCUT2D eigenvalue weighted by Gasteiger charge is -2.15. The summed E-state index contributed by atoms with van der Waals surface area (Å²) < 4.78 is 0. The lowest BCUT2D eigenvalue weighted by Crippen LogP contribution is -2.12. The minimum atomic E-state index is 0.266. The maximum absolute atomic E-state index is 12.5. The first-order chi connectivity index (χ1) is 17.5.